The summed E-state index contributed by atoms with van der Waals surface area (Å²) in [5.41, 5.74) is 13.0. The molecule has 0 saturated carbocycles. The Morgan fingerprint density at radius 3 is 2.00 bits per heavy atom. The Morgan fingerprint density at radius 1 is 1.45 bits per heavy atom. The molecule has 0 radical (unpaired) electrons. The molecule has 3 heteroatoms. The van der Waals surface area contributed by atoms with E-state index in [-0.39, 0.29) is 0 Å². The minimum Gasteiger partial charge on any atom is -0.402 e. The van der Waals surface area contributed by atoms with Gasteiger partial charge in [0.2, 0.25) is 0 Å². The van der Waals surface area contributed by atoms with Crippen LogP contribution in [0, 0.1) is 0 Å². The Morgan fingerprint density at radius 2 is 1.91 bits per heavy atom. The van der Waals surface area contributed by atoms with Gasteiger partial charge in [-0.15, -0.1) is 0 Å². The zero-order valence-corrected chi connectivity index (χ0v) is 8.40. The van der Waals surface area contributed by atoms with Crippen molar-refractivity contribution in [3.8, 4) is 0 Å². The van der Waals surface area contributed by atoms with Crippen LogP contribution in [0.4, 0.5) is 0 Å². The standard InChI is InChI=1S/C8H13BrN2/c1-4-7(9)8(5(2)10)6(3)11/h4H,2,10-11H2,1,3H3/b7-4+,8-6-. The number of nitrogens with two attached hydrogens (primary N) is 2. The van der Waals surface area contributed by atoms with Gasteiger partial charge in [0, 0.05) is 21.4 Å². The molecular weight excluding hydrogens is 204 g/mol. The summed E-state index contributed by atoms with van der Waals surface area (Å²) in [6.45, 7) is 7.30. The van der Waals surface area contributed by atoms with Crippen molar-refractivity contribution in [3.05, 3.63) is 34.1 Å². The zero-order chi connectivity index (χ0) is 9.02. The highest BCUT2D eigenvalue weighted by Gasteiger charge is 2.04. The smallest absolute Gasteiger partial charge is 0.0343 e. The summed E-state index contributed by atoms with van der Waals surface area (Å²) in [6.07, 6.45) is 1.88. The molecule has 0 aliphatic heterocycles. The van der Waals surface area contributed by atoms with E-state index in [2.05, 4.69) is 22.5 Å². The van der Waals surface area contributed by atoms with Gasteiger partial charge in [-0.1, -0.05) is 28.6 Å². The first kappa shape index (κ1) is 10.3. The zero-order valence-electron chi connectivity index (χ0n) is 6.82. The number of hydrogen-bond donors (Lipinski definition) is 2. The van der Waals surface area contributed by atoms with Gasteiger partial charge >= 0.3 is 0 Å². The molecule has 0 aliphatic carbocycles. The van der Waals surface area contributed by atoms with E-state index < -0.39 is 0 Å². The Hall–Kier alpha value is -0.700. The lowest BCUT2D eigenvalue weighted by Gasteiger charge is -2.07. The van der Waals surface area contributed by atoms with Crippen LogP contribution in [0.5, 0.6) is 0 Å². The molecule has 0 rings (SSSR count). The third-order valence-corrected chi connectivity index (χ3v) is 2.06. The molecule has 0 aromatic carbocycles. The van der Waals surface area contributed by atoms with Gasteiger partial charge in [-0.25, -0.2) is 0 Å². The third kappa shape index (κ3) is 2.80. The highest BCUT2D eigenvalue weighted by molar-refractivity contribution is 9.12. The van der Waals surface area contributed by atoms with E-state index in [0.29, 0.717) is 11.4 Å². The van der Waals surface area contributed by atoms with E-state index in [1.165, 1.54) is 0 Å². The predicted octanol–water partition coefficient (Wildman–Crippen LogP) is 1.99. The molecule has 0 aromatic rings. The summed E-state index contributed by atoms with van der Waals surface area (Å²) in [6, 6.07) is 0. The number of allylic oxidation sites excluding steroid dienone is 3. The SMILES string of the molecule is C=C(N)C(=C(\C)N)/C(Br)=C\C. The Balaban J connectivity index is 4.95. The molecule has 0 unspecified atom stereocenters. The van der Waals surface area contributed by atoms with Gasteiger partial charge in [0.15, 0.2) is 0 Å². The summed E-state index contributed by atoms with van der Waals surface area (Å²) in [7, 11) is 0. The lowest BCUT2D eigenvalue weighted by atomic mass is 10.1. The van der Waals surface area contributed by atoms with Gasteiger partial charge in [-0.2, -0.15) is 0 Å². The first-order valence-electron chi connectivity index (χ1n) is 3.24. The fourth-order valence-corrected chi connectivity index (χ4v) is 1.31. The highest BCUT2D eigenvalue weighted by Crippen LogP contribution is 2.22. The molecule has 0 bridgehead atoms. The average Bonchev–Trinajstić information content (AvgIpc) is 1.85. The normalized spacial score (nSPS) is 14.3. The Labute approximate surface area is 75.8 Å². The quantitative estimate of drug-likeness (QED) is 0.695. The van der Waals surface area contributed by atoms with Crippen molar-refractivity contribution < 1.29 is 0 Å². The molecule has 0 atom stereocenters. The lowest BCUT2D eigenvalue weighted by molar-refractivity contribution is 1.21. The molecule has 0 saturated heterocycles. The summed E-state index contributed by atoms with van der Waals surface area (Å²) < 4.78 is 0.880. The second-order valence-corrected chi connectivity index (χ2v) is 3.07. The van der Waals surface area contributed by atoms with Crippen LogP contribution in [0.2, 0.25) is 0 Å². The summed E-state index contributed by atoms with van der Waals surface area (Å²) in [4.78, 5) is 0. The second-order valence-electron chi connectivity index (χ2n) is 2.22. The highest BCUT2D eigenvalue weighted by atomic mass is 79.9. The molecule has 0 aromatic heterocycles. The molecule has 4 N–H and O–H groups in total. The van der Waals surface area contributed by atoms with Crippen LogP contribution in [0.3, 0.4) is 0 Å². The van der Waals surface area contributed by atoms with E-state index in [0.717, 1.165) is 10.1 Å². The minimum atomic E-state index is 0.481. The maximum Gasteiger partial charge on any atom is 0.0343 e. The predicted molar refractivity (Wildman–Crippen MR) is 52.9 cm³/mol. The van der Waals surface area contributed by atoms with Crippen LogP contribution in [0.25, 0.3) is 0 Å². The van der Waals surface area contributed by atoms with Crippen LogP contribution in [0.1, 0.15) is 13.8 Å². The van der Waals surface area contributed by atoms with Crippen molar-refractivity contribution in [2.24, 2.45) is 11.5 Å². The molecular formula is C8H13BrN2. The van der Waals surface area contributed by atoms with Gasteiger partial charge in [-0.3, -0.25) is 0 Å². The van der Waals surface area contributed by atoms with Crippen LogP contribution in [-0.2, 0) is 0 Å². The van der Waals surface area contributed by atoms with Crippen molar-refractivity contribution in [2.75, 3.05) is 0 Å². The third-order valence-electron chi connectivity index (χ3n) is 1.21. The molecule has 62 valence electrons. The average molecular weight is 217 g/mol. The maximum atomic E-state index is 5.58. The van der Waals surface area contributed by atoms with Crippen molar-refractivity contribution in [2.45, 2.75) is 13.8 Å². The summed E-state index contributed by atoms with van der Waals surface area (Å²) >= 11 is 3.33. The first-order chi connectivity index (χ1) is 5.00. The van der Waals surface area contributed by atoms with Crippen LogP contribution >= 0.6 is 15.9 Å². The number of hydrogen-bond acceptors (Lipinski definition) is 2. The van der Waals surface area contributed by atoms with Gasteiger partial charge < -0.3 is 11.5 Å². The Bertz CT molecular complexity index is 222. The van der Waals surface area contributed by atoms with Crippen molar-refractivity contribution >= 4 is 15.9 Å². The molecule has 0 heterocycles. The van der Waals surface area contributed by atoms with Crippen molar-refractivity contribution in [3.63, 3.8) is 0 Å². The minimum absolute atomic E-state index is 0.481. The molecule has 0 aliphatic rings. The van der Waals surface area contributed by atoms with Gasteiger partial charge in [0.05, 0.1) is 0 Å². The maximum absolute atomic E-state index is 5.58. The molecule has 2 nitrogen and oxygen atoms in total. The number of rotatable bonds is 2. The van der Waals surface area contributed by atoms with Crippen LogP contribution in [0.15, 0.2) is 34.1 Å². The lowest BCUT2D eigenvalue weighted by Crippen LogP contribution is -2.06. The second kappa shape index (κ2) is 4.23. The van der Waals surface area contributed by atoms with E-state index >= 15 is 0 Å². The molecule has 0 spiro atoms. The van der Waals surface area contributed by atoms with E-state index in [1.807, 2.05) is 13.0 Å². The summed E-state index contributed by atoms with van der Waals surface area (Å²) in [5, 5.41) is 0. The topological polar surface area (TPSA) is 52.0 Å². The van der Waals surface area contributed by atoms with E-state index in [4.69, 9.17) is 11.5 Å². The molecule has 11 heavy (non-hydrogen) atoms. The number of halogens is 1. The van der Waals surface area contributed by atoms with Gasteiger partial charge in [0.1, 0.15) is 0 Å². The van der Waals surface area contributed by atoms with Crippen LogP contribution < -0.4 is 11.5 Å². The Kier molecular flexibility index (Phi) is 3.97. The largest absolute Gasteiger partial charge is 0.402 e. The fourth-order valence-electron chi connectivity index (χ4n) is 0.739. The molecule has 0 fully saturated rings. The first-order valence-corrected chi connectivity index (χ1v) is 4.03. The monoisotopic (exact) mass is 216 g/mol. The summed E-state index contributed by atoms with van der Waals surface area (Å²) in [5.74, 6) is 0. The molecule has 0 amide bonds. The van der Waals surface area contributed by atoms with E-state index in [1.54, 1.807) is 6.92 Å². The van der Waals surface area contributed by atoms with Gasteiger partial charge in [0.25, 0.3) is 0 Å². The van der Waals surface area contributed by atoms with Crippen LogP contribution in [-0.4, -0.2) is 0 Å². The van der Waals surface area contributed by atoms with Gasteiger partial charge in [-0.05, 0) is 13.8 Å². The van der Waals surface area contributed by atoms with E-state index in [9.17, 15) is 0 Å². The van der Waals surface area contributed by atoms with Crippen molar-refractivity contribution in [1.29, 1.82) is 0 Å². The van der Waals surface area contributed by atoms with Crippen molar-refractivity contribution in [1.82, 2.24) is 0 Å². The fraction of sp³-hybridized carbons (Fsp3) is 0.250.